The van der Waals surface area contributed by atoms with Gasteiger partial charge in [0.1, 0.15) is 12.1 Å². The Morgan fingerprint density at radius 1 is 1.02 bits per heavy atom. The van der Waals surface area contributed by atoms with Crippen LogP contribution in [0.15, 0.2) is 88.9 Å². The zero-order valence-corrected chi connectivity index (χ0v) is 28.5. The number of hydroxylamine groups is 1. The number of nitrogens with one attached hydrogen (secondary N) is 1. The summed E-state index contributed by atoms with van der Waals surface area (Å²) in [6, 6.07) is 23.5. The molecule has 11 heteroatoms. The van der Waals surface area contributed by atoms with Crippen LogP contribution in [0.5, 0.6) is 5.75 Å². The molecule has 1 atom stereocenters. The smallest absolute Gasteiger partial charge is 0.491 e. The minimum Gasteiger partial charge on any atom is -0.491 e. The van der Waals surface area contributed by atoms with E-state index < -0.39 is 6.41 Å². The van der Waals surface area contributed by atoms with E-state index in [-0.39, 0.29) is 63.0 Å². The summed E-state index contributed by atoms with van der Waals surface area (Å²) in [6.07, 6.45) is 3.65. The third kappa shape index (κ3) is 6.74. The Kier molecular flexibility index (Phi) is 10.5. The summed E-state index contributed by atoms with van der Waals surface area (Å²) >= 11 is 0. The van der Waals surface area contributed by atoms with E-state index in [1.54, 1.807) is 10.9 Å². The molecule has 1 aliphatic rings. The molecule has 2 aromatic heterocycles. The van der Waals surface area contributed by atoms with Crippen molar-refractivity contribution in [3.63, 3.8) is 0 Å². The van der Waals surface area contributed by atoms with Crippen LogP contribution in [0.25, 0.3) is 22.6 Å². The maximum atomic E-state index is 14.2. The Balaban J connectivity index is 0.00000384. The first-order valence-corrected chi connectivity index (χ1v) is 14.5. The number of ether oxygens (including phenoxy) is 1. The van der Waals surface area contributed by atoms with E-state index in [0.29, 0.717) is 29.3 Å². The van der Waals surface area contributed by atoms with Gasteiger partial charge in [-0.1, -0.05) is 61.9 Å². The number of aliphatic hydroxyl groups is 1. The fourth-order valence-electron chi connectivity index (χ4n) is 5.38. The van der Waals surface area contributed by atoms with E-state index >= 15 is 0 Å². The molecule has 0 saturated heterocycles. The molecule has 0 radical (unpaired) electrons. The third-order valence-electron chi connectivity index (χ3n) is 7.39. The van der Waals surface area contributed by atoms with Gasteiger partial charge in [0.25, 0.3) is 12.0 Å². The topological polar surface area (TPSA) is 115 Å². The summed E-state index contributed by atoms with van der Waals surface area (Å²) in [5, 5.41) is 18.2. The molecule has 1 aliphatic heterocycles. The number of amidine groups is 1. The Hall–Kier alpha value is -3.16. The molecule has 0 spiro atoms. The Labute approximate surface area is 298 Å². The van der Waals surface area contributed by atoms with Gasteiger partial charge in [-0.3, -0.25) is 9.20 Å². The van der Waals surface area contributed by atoms with Crippen molar-refractivity contribution in [1.29, 1.82) is 0 Å². The quantitative estimate of drug-likeness (QED) is 0.230. The molecule has 0 amide bonds. The molecular formula is C33H34KN6O4+. The minimum atomic E-state index is -1.23. The van der Waals surface area contributed by atoms with Gasteiger partial charge < -0.3 is 9.84 Å². The van der Waals surface area contributed by atoms with Gasteiger partial charge in [-0.2, -0.15) is 0 Å². The summed E-state index contributed by atoms with van der Waals surface area (Å²) in [4.78, 5) is 23.3. The van der Waals surface area contributed by atoms with Crippen LogP contribution in [0, 0.1) is 0 Å². The number of nitrogens with zero attached hydrogens (tertiary/aromatic N) is 5. The first kappa shape index (κ1) is 32.2. The van der Waals surface area contributed by atoms with Crippen LogP contribution in [0.3, 0.4) is 0 Å². The van der Waals surface area contributed by atoms with Gasteiger partial charge in [-0.15, -0.1) is 10.2 Å². The van der Waals surface area contributed by atoms with Crippen LogP contribution in [-0.2, 0) is 17.7 Å². The van der Waals surface area contributed by atoms with Crippen LogP contribution in [0.1, 0.15) is 56.0 Å². The molecule has 0 bridgehead atoms. The maximum Gasteiger partial charge on any atom is 1.00 e. The first-order chi connectivity index (χ1) is 20.9. The Morgan fingerprint density at radius 3 is 2.41 bits per heavy atom. The van der Waals surface area contributed by atoms with Crippen molar-refractivity contribution in [3.8, 4) is 22.6 Å². The van der Waals surface area contributed by atoms with E-state index in [9.17, 15) is 9.90 Å². The number of aliphatic hydroxyl groups excluding tert-OH is 1. The summed E-state index contributed by atoms with van der Waals surface area (Å²) < 4.78 is 9.39. The monoisotopic (exact) mass is 617 g/mol. The number of aromatic nitrogens is 4. The molecule has 2 N–H and O–H groups in total. The molecule has 3 aromatic carbocycles. The number of fused-ring (bicyclic) bond motifs is 1. The summed E-state index contributed by atoms with van der Waals surface area (Å²) in [6.45, 7) is 6.10. The first-order valence-electron chi connectivity index (χ1n) is 14.5. The molecule has 1 unspecified atom stereocenters. The average Bonchev–Trinajstić information content (AvgIpc) is 3.67. The number of benzene rings is 3. The van der Waals surface area contributed by atoms with Crippen molar-refractivity contribution in [2.45, 2.75) is 59.0 Å². The van der Waals surface area contributed by atoms with Gasteiger partial charge in [-0.05, 0) is 67.6 Å². The second kappa shape index (κ2) is 14.3. The molecule has 5 aromatic rings. The van der Waals surface area contributed by atoms with Gasteiger partial charge in [-0.25, -0.2) is 19.9 Å². The van der Waals surface area contributed by atoms with Crippen molar-refractivity contribution in [2.75, 3.05) is 0 Å². The fourth-order valence-corrected chi connectivity index (χ4v) is 5.38. The molecule has 10 nitrogen and oxygen atoms in total. The molecule has 0 fully saturated rings. The molecule has 3 heterocycles. The van der Waals surface area contributed by atoms with Gasteiger partial charge in [0.2, 0.25) is 5.78 Å². The number of hydrogen-bond acceptors (Lipinski definition) is 8. The second-order valence-electron chi connectivity index (χ2n) is 10.8. The predicted molar refractivity (Wildman–Crippen MR) is 164 cm³/mol. The van der Waals surface area contributed by atoms with E-state index in [1.165, 1.54) is 0 Å². The molecule has 0 aliphatic carbocycles. The Bertz CT molecular complexity index is 1830. The Morgan fingerprint density at radius 2 is 1.75 bits per heavy atom. The van der Waals surface area contributed by atoms with Gasteiger partial charge in [0, 0.05) is 23.2 Å². The van der Waals surface area contributed by atoms with E-state index in [4.69, 9.17) is 9.57 Å². The van der Waals surface area contributed by atoms with Crippen LogP contribution < -0.4 is 67.2 Å². The van der Waals surface area contributed by atoms with Gasteiger partial charge in [0.05, 0.1) is 11.8 Å². The van der Waals surface area contributed by atoms with Crippen LogP contribution in [-0.4, -0.2) is 42.6 Å². The van der Waals surface area contributed by atoms with E-state index in [2.05, 4.69) is 27.6 Å². The number of unbranched alkanes of at least 4 members (excludes halogenated alkanes) is 1. The number of aliphatic imine (C=N–C) groups is 1. The number of hydrogen-bond donors (Lipinski definition) is 2. The van der Waals surface area contributed by atoms with Crippen molar-refractivity contribution in [1.82, 2.24) is 24.6 Å². The van der Waals surface area contributed by atoms with Crippen molar-refractivity contribution in [3.05, 3.63) is 112 Å². The molecular weight excluding hydrogens is 583 g/mol. The minimum absolute atomic E-state index is 0. The van der Waals surface area contributed by atoms with Crippen molar-refractivity contribution in [2.24, 2.45) is 4.99 Å². The molecule has 220 valence electrons. The zero-order valence-electron chi connectivity index (χ0n) is 25.4. The van der Waals surface area contributed by atoms with Crippen LogP contribution >= 0.6 is 0 Å². The predicted octanol–water partition coefficient (Wildman–Crippen LogP) is 1.83. The fraction of sp³-hybridized carbons (Fsp3) is 0.273. The SMILES string of the molecule is CCCCc1c(Cc2ccc(-c3ccccc3C3=NC(O)ON3)cc2)c(=O)n(-c2ccc(OC(C)C)cc2)c2nncn12.[K+]. The van der Waals surface area contributed by atoms with Crippen LogP contribution in [0.4, 0.5) is 0 Å². The summed E-state index contributed by atoms with van der Waals surface area (Å²) in [7, 11) is 0. The second-order valence-corrected chi connectivity index (χ2v) is 10.8. The van der Waals surface area contributed by atoms with Crippen molar-refractivity contribution >= 4 is 11.6 Å². The molecule has 0 saturated carbocycles. The normalized spacial score (nSPS) is 14.4. The standard InChI is InChI=1S/C33H34N6O4.K/c1-4-5-10-29-28(31(40)39(32-36-34-20-38(29)32)24-15-17-25(18-16-24)42-21(2)3)19-22-11-13-23(14-12-22)26-8-6-7-9-27(26)30-35-33(41)43-37-30;/h6-9,11-18,20-21,33,41H,4-5,10,19H2,1-3H3,(H,35,37);/q;+1. The number of aryl methyl sites for hydroxylation is 1. The zero-order chi connectivity index (χ0) is 29.9. The molecule has 6 rings (SSSR count). The average molecular weight is 618 g/mol. The van der Waals surface area contributed by atoms with E-state index in [1.807, 2.05) is 91.0 Å². The molecule has 44 heavy (non-hydrogen) atoms. The largest absolute Gasteiger partial charge is 1.00 e. The maximum absolute atomic E-state index is 14.2. The van der Waals surface area contributed by atoms with Gasteiger partial charge in [0.15, 0.2) is 5.84 Å². The third-order valence-corrected chi connectivity index (χ3v) is 7.39. The van der Waals surface area contributed by atoms with Crippen LogP contribution in [0.2, 0.25) is 0 Å². The van der Waals surface area contributed by atoms with Gasteiger partial charge >= 0.3 is 51.4 Å². The van der Waals surface area contributed by atoms with Crippen molar-refractivity contribution < 1.29 is 66.1 Å². The summed E-state index contributed by atoms with van der Waals surface area (Å²) in [5.41, 5.74) is 8.68. The summed E-state index contributed by atoms with van der Waals surface area (Å²) in [5.74, 6) is 1.70. The number of rotatable bonds is 10. The van der Waals surface area contributed by atoms with E-state index in [0.717, 1.165) is 53.0 Å².